The standard InChI is InChI=1S/C13H20N2O4S/c1-3-9-14(10-4-2)20(18,19)11-12-5-7-13(8-6-12)15(16)17/h5-8H,3-4,9-11H2,1-2H3. The molecular weight excluding hydrogens is 280 g/mol. The molecule has 0 amide bonds. The highest BCUT2D eigenvalue weighted by molar-refractivity contribution is 7.88. The van der Waals surface area contributed by atoms with Crippen LogP contribution in [0.3, 0.4) is 0 Å². The van der Waals surface area contributed by atoms with Crippen LogP contribution < -0.4 is 0 Å². The molecule has 7 heteroatoms. The minimum absolute atomic E-state index is 0.0369. The first-order valence-electron chi connectivity index (χ1n) is 6.61. The number of nitro benzene ring substituents is 1. The lowest BCUT2D eigenvalue weighted by atomic mass is 10.2. The van der Waals surface area contributed by atoms with Crippen LogP contribution in [0.1, 0.15) is 32.3 Å². The predicted octanol–water partition coefficient (Wildman–Crippen LogP) is 2.55. The number of rotatable bonds is 8. The molecule has 112 valence electrons. The maximum atomic E-state index is 12.3. The zero-order chi connectivity index (χ0) is 15.2. The van der Waals surface area contributed by atoms with E-state index >= 15 is 0 Å². The Morgan fingerprint density at radius 1 is 1.10 bits per heavy atom. The second kappa shape index (κ2) is 7.35. The van der Waals surface area contributed by atoms with E-state index in [4.69, 9.17) is 0 Å². The number of non-ortho nitro benzene ring substituents is 1. The van der Waals surface area contributed by atoms with Crippen molar-refractivity contribution in [1.29, 1.82) is 0 Å². The molecule has 0 bridgehead atoms. The minimum Gasteiger partial charge on any atom is -0.258 e. The lowest BCUT2D eigenvalue weighted by Gasteiger charge is -2.20. The van der Waals surface area contributed by atoms with Crippen LogP contribution in [0.5, 0.6) is 0 Å². The summed E-state index contributed by atoms with van der Waals surface area (Å²) in [6, 6.07) is 5.64. The van der Waals surface area contributed by atoms with E-state index < -0.39 is 14.9 Å². The molecular formula is C13H20N2O4S. The van der Waals surface area contributed by atoms with Crippen molar-refractivity contribution in [1.82, 2.24) is 4.31 Å². The third kappa shape index (κ3) is 4.57. The molecule has 0 radical (unpaired) electrons. The fraction of sp³-hybridized carbons (Fsp3) is 0.538. The van der Waals surface area contributed by atoms with E-state index in [1.165, 1.54) is 28.6 Å². The maximum Gasteiger partial charge on any atom is 0.269 e. The molecule has 0 atom stereocenters. The van der Waals surface area contributed by atoms with E-state index in [2.05, 4.69) is 0 Å². The van der Waals surface area contributed by atoms with E-state index in [9.17, 15) is 18.5 Å². The van der Waals surface area contributed by atoms with Gasteiger partial charge < -0.3 is 0 Å². The van der Waals surface area contributed by atoms with Gasteiger partial charge in [-0.2, -0.15) is 0 Å². The average molecular weight is 300 g/mol. The third-order valence-electron chi connectivity index (χ3n) is 2.84. The summed E-state index contributed by atoms with van der Waals surface area (Å²) in [6.07, 6.45) is 1.53. The van der Waals surface area contributed by atoms with E-state index in [1.807, 2.05) is 13.8 Å². The van der Waals surface area contributed by atoms with Gasteiger partial charge in [0.15, 0.2) is 0 Å². The molecule has 20 heavy (non-hydrogen) atoms. The molecule has 0 N–H and O–H groups in total. The van der Waals surface area contributed by atoms with Gasteiger partial charge in [0.2, 0.25) is 10.0 Å². The van der Waals surface area contributed by atoms with Gasteiger partial charge in [-0.05, 0) is 18.4 Å². The molecule has 0 saturated heterocycles. The van der Waals surface area contributed by atoms with Gasteiger partial charge in [0.1, 0.15) is 0 Å². The van der Waals surface area contributed by atoms with Crippen LogP contribution in [0.15, 0.2) is 24.3 Å². The number of sulfonamides is 1. The van der Waals surface area contributed by atoms with Gasteiger partial charge in [-0.1, -0.05) is 26.0 Å². The van der Waals surface area contributed by atoms with E-state index in [1.54, 1.807) is 0 Å². The smallest absolute Gasteiger partial charge is 0.258 e. The summed E-state index contributed by atoms with van der Waals surface area (Å²) in [4.78, 5) is 10.1. The monoisotopic (exact) mass is 300 g/mol. The Kier molecular flexibility index (Phi) is 6.09. The van der Waals surface area contributed by atoms with Crippen molar-refractivity contribution in [2.24, 2.45) is 0 Å². The van der Waals surface area contributed by atoms with E-state index in [0.717, 1.165) is 12.8 Å². The predicted molar refractivity (Wildman–Crippen MR) is 77.9 cm³/mol. The topological polar surface area (TPSA) is 80.5 Å². The SMILES string of the molecule is CCCN(CCC)S(=O)(=O)Cc1ccc([N+](=O)[O-])cc1. The number of nitro groups is 1. The molecule has 0 heterocycles. The Morgan fingerprint density at radius 2 is 1.60 bits per heavy atom. The molecule has 1 aromatic rings. The van der Waals surface area contributed by atoms with E-state index in [-0.39, 0.29) is 11.4 Å². The number of hydrogen-bond donors (Lipinski definition) is 0. The van der Waals surface area contributed by atoms with Crippen LogP contribution in [0.4, 0.5) is 5.69 Å². The normalized spacial score (nSPS) is 11.8. The molecule has 0 aromatic heterocycles. The lowest BCUT2D eigenvalue weighted by Crippen LogP contribution is -2.33. The van der Waals surface area contributed by atoms with Crippen LogP contribution >= 0.6 is 0 Å². The summed E-state index contributed by atoms with van der Waals surface area (Å²) < 4.78 is 26.1. The van der Waals surface area contributed by atoms with Crippen molar-refractivity contribution < 1.29 is 13.3 Å². The van der Waals surface area contributed by atoms with Crippen molar-refractivity contribution in [3.63, 3.8) is 0 Å². The Hall–Kier alpha value is -1.47. The second-order valence-electron chi connectivity index (χ2n) is 4.58. The largest absolute Gasteiger partial charge is 0.269 e. The average Bonchev–Trinajstić information content (AvgIpc) is 2.38. The summed E-state index contributed by atoms with van der Waals surface area (Å²) in [6.45, 7) is 4.88. The fourth-order valence-electron chi connectivity index (χ4n) is 1.90. The van der Waals surface area contributed by atoms with Crippen molar-refractivity contribution in [3.8, 4) is 0 Å². The quantitative estimate of drug-likeness (QED) is 0.546. The van der Waals surface area contributed by atoms with Crippen LogP contribution in [0.25, 0.3) is 0 Å². The molecule has 0 aliphatic carbocycles. The maximum absolute atomic E-state index is 12.3. The highest BCUT2D eigenvalue weighted by atomic mass is 32.2. The first kappa shape index (κ1) is 16.6. The van der Waals surface area contributed by atoms with Crippen LogP contribution in [0.2, 0.25) is 0 Å². The highest BCUT2D eigenvalue weighted by Gasteiger charge is 2.21. The molecule has 0 unspecified atom stereocenters. The van der Waals surface area contributed by atoms with Crippen LogP contribution in [0, 0.1) is 10.1 Å². The first-order chi connectivity index (χ1) is 9.40. The summed E-state index contributed by atoms with van der Waals surface area (Å²) >= 11 is 0. The fourth-order valence-corrected chi connectivity index (χ4v) is 3.62. The first-order valence-corrected chi connectivity index (χ1v) is 8.22. The number of nitrogens with zero attached hydrogens (tertiary/aromatic N) is 2. The van der Waals surface area contributed by atoms with Gasteiger partial charge in [0, 0.05) is 25.2 Å². The Morgan fingerprint density at radius 3 is 2.00 bits per heavy atom. The molecule has 0 aliphatic heterocycles. The molecule has 6 nitrogen and oxygen atoms in total. The van der Waals surface area contributed by atoms with Crippen LogP contribution in [-0.2, 0) is 15.8 Å². The van der Waals surface area contributed by atoms with Gasteiger partial charge in [0.05, 0.1) is 10.7 Å². The molecule has 0 spiro atoms. The third-order valence-corrected chi connectivity index (χ3v) is 4.69. The number of hydrogen-bond acceptors (Lipinski definition) is 4. The molecule has 0 aliphatic rings. The summed E-state index contributed by atoms with van der Waals surface area (Å²) in [5, 5.41) is 10.6. The lowest BCUT2D eigenvalue weighted by molar-refractivity contribution is -0.384. The highest BCUT2D eigenvalue weighted by Crippen LogP contribution is 2.16. The summed E-state index contributed by atoms with van der Waals surface area (Å²) in [7, 11) is -3.37. The minimum atomic E-state index is -3.37. The second-order valence-corrected chi connectivity index (χ2v) is 6.55. The van der Waals surface area contributed by atoms with Crippen molar-refractivity contribution in [2.45, 2.75) is 32.4 Å². The van der Waals surface area contributed by atoms with Gasteiger partial charge in [0.25, 0.3) is 5.69 Å². The number of benzene rings is 1. The van der Waals surface area contributed by atoms with Gasteiger partial charge >= 0.3 is 0 Å². The molecule has 1 rings (SSSR count). The van der Waals surface area contributed by atoms with Gasteiger partial charge in [-0.25, -0.2) is 12.7 Å². The van der Waals surface area contributed by atoms with Gasteiger partial charge in [-0.15, -0.1) is 0 Å². The van der Waals surface area contributed by atoms with Crippen molar-refractivity contribution in [3.05, 3.63) is 39.9 Å². The summed E-state index contributed by atoms with van der Waals surface area (Å²) in [5.74, 6) is -0.120. The molecule has 1 aromatic carbocycles. The zero-order valence-electron chi connectivity index (χ0n) is 11.8. The van der Waals surface area contributed by atoms with Crippen molar-refractivity contribution >= 4 is 15.7 Å². The molecule has 0 fully saturated rings. The van der Waals surface area contributed by atoms with Gasteiger partial charge in [-0.3, -0.25) is 10.1 Å². The Bertz CT molecular complexity index is 534. The van der Waals surface area contributed by atoms with E-state index in [0.29, 0.717) is 18.7 Å². The Balaban J connectivity index is 2.86. The zero-order valence-corrected chi connectivity index (χ0v) is 12.6. The molecule has 0 saturated carbocycles. The van der Waals surface area contributed by atoms with Crippen LogP contribution in [-0.4, -0.2) is 30.7 Å². The Labute approximate surface area is 119 Å². The van der Waals surface area contributed by atoms with Crippen molar-refractivity contribution in [2.75, 3.05) is 13.1 Å². The summed E-state index contributed by atoms with van der Waals surface area (Å²) in [5.41, 5.74) is 0.526.